The summed E-state index contributed by atoms with van der Waals surface area (Å²) in [7, 11) is 3.04. The molecule has 1 atom stereocenters. The summed E-state index contributed by atoms with van der Waals surface area (Å²) in [6, 6.07) is 18.2. The number of ether oxygens (including phenoxy) is 2. The largest absolute Gasteiger partial charge is 0.379 e. The van der Waals surface area contributed by atoms with E-state index in [0.717, 1.165) is 48.4 Å². The molecule has 0 saturated carbocycles. The zero-order chi connectivity index (χ0) is 24.1. The van der Waals surface area contributed by atoms with Gasteiger partial charge >= 0.3 is 0 Å². The van der Waals surface area contributed by atoms with E-state index in [9.17, 15) is 0 Å². The first-order valence-corrected chi connectivity index (χ1v) is 16.6. The molecule has 1 aliphatic heterocycles. The van der Waals surface area contributed by atoms with Gasteiger partial charge in [-0.1, -0.05) is 67.8 Å². The Morgan fingerprint density at radius 1 is 0.971 bits per heavy atom. The van der Waals surface area contributed by atoms with Crippen LogP contribution >= 0.6 is 11.8 Å². The molecule has 0 bridgehead atoms. The molecule has 1 unspecified atom stereocenters. The van der Waals surface area contributed by atoms with Crippen LogP contribution in [-0.2, 0) is 9.47 Å². The lowest BCUT2D eigenvalue weighted by Crippen LogP contribution is -2.23. The van der Waals surface area contributed by atoms with Gasteiger partial charge in [-0.15, -0.1) is 0 Å². The Balaban J connectivity index is 1.62. The van der Waals surface area contributed by atoms with E-state index in [1.165, 1.54) is 15.4 Å². The molecule has 0 fully saturated rings. The molecule has 2 heterocycles. The average Bonchev–Trinajstić information content (AvgIpc) is 3.17. The van der Waals surface area contributed by atoms with Gasteiger partial charge < -0.3 is 19.4 Å². The fraction of sp³-hybridized carbons (Fsp3) is 0.444. The quantitative estimate of drug-likeness (QED) is 0.188. The van der Waals surface area contributed by atoms with Crippen LogP contribution < -0.4 is 0 Å². The molecule has 0 amide bonds. The minimum absolute atomic E-state index is 0.220. The third-order valence-electron chi connectivity index (χ3n) is 5.88. The predicted octanol–water partition coefficient (Wildman–Crippen LogP) is 6.57. The van der Waals surface area contributed by atoms with E-state index in [4.69, 9.17) is 14.5 Å². The maximum atomic E-state index is 6.36. The van der Waals surface area contributed by atoms with Gasteiger partial charge in [0.1, 0.15) is 11.9 Å². The minimum Gasteiger partial charge on any atom is -0.379 e. The molecule has 0 radical (unpaired) electrons. The highest BCUT2D eigenvalue weighted by Gasteiger charge is 2.26. The molecule has 0 saturated heterocycles. The van der Waals surface area contributed by atoms with Crippen molar-refractivity contribution in [1.29, 1.82) is 0 Å². The van der Waals surface area contributed by atoms with Gasteiger partial charge in [-0.05, 0) is 45.2 Å². The SMILES string of the molecule is CN(C)CCCOC(COCC[Si](C)(C)C)c1nc2c([nH]1)-c1ccccc1Sc1ccccc1-2. The lowest BCUT2D eigenvalue weighted by Gasteiger charge is -2.19. The van der Waals surface area contributed by atoms with Crippen LogP contribution in [0.25, 0.3) is 22.5 Å². The summed E-state index contributed by atoms with van der Waals surface area (Å²) >= 11 is 1.80. The number of fused-ring (bicyclic) bond motifs is 5. The fourth-order valence-electron chi connectivity index (χ4n) is 3.95. The van der Waals surface area contributed by atoms with Crippen molar-refractivity contribution in [3.05, 3.63) is 54.4 Å². The highest BCUT2D eigenvalue weighted by atomic mass is 32.2. The molecule has 34 heavy (non-hydrogen) atoms. The van der Waals surface area contributed by atoms with Gasteiger partial charge in [-0.2, -0.15) is 0 Å². The van der Waals surface area contributed by atoms with Crippen molar-refractivity contribution >= 4 is 19.8 Å². The van der Waals surface area contributed by atoms with Crippen LogP contribution in [0.3, 0.4) is 0 Å². The van der Waals surface area contributed by atoms with Gasteiger partial charge in [0.05, 0.1) is 18.0 Å². The van der Waals surface area contributed by atoms with E-state index in [2.05, 4.69) is 92.2 Å². The van der Waals surface area contributed by atoms with E-state index >= 15 is 0 Å². The van der Waals surface area contributed by atoms with Gasteiger partial charge in [-0.25, -0.2) is 4.98 Å². The number of benzene rings is 2. The van der Waals surface area contributed by atoms with Crippen molar-refractivity contribution in [2.24, 2.45) is 0 Å². The Labute approximate surface area is 209 Å². The molecular formula is C27H37N3O2SSi. The van der Waals surface area contributed by atoms with Gasteiger partial charge in [0.25, 0.3) is 0 Å². The minimum atomic E-state index is -1.14. The highest BCUT2D eigenvalue weighted by Crippen LogP contribution is 2.47. The molecule has 0 aliphatic carbocycles. The van der Waals surface area contributed by atoms with Crippen LogP contribution in [0.4, 0.5) is 0 Å². The first-order chi connectivity index (χ1) is 16.3. The first kappa shape index (κ1) is 25.2. The molecule has 2 aromatic carbocycles. The number of aromatic amines is 1. The van der Waals surface area contributed by atoms with E-state index in [-0.39, 0.29) is 6.10 Å². The zero-order valence-corrected chi connectivity index (χ0v) is 22.9. The predicted molar refractivity (Wildman–Crippen MR) is 144 cm³/mol. The lowest BCUT2D eigenvalue weighted by atomic mass is 10.1. The van der Waals surface area contributed by atoms with E-state index in [1.54, 1.807) is 11.8 Å². The molecule has 1 aliphatic rings. The van der Waals surface area contributed by atoms with Crippen molar-refractivity contribution in [2.45, 2.75) is 48.0 Å². The average molecular weight is 496 g/mol. The number of rotatable bonds is 11. The molecule has 4 rings (SSSR count). The summed E-state index contributed by atoms with van der Waals surface area (Å²) in [5.74, 6) is 0.847. The number of aromatic nitrogens is 2. The summed E-state index contributed by atoms with van der Waals surface area (Å²) in [5, 5.41) is 0. The number of imidazole rings is 1. The topological polar surface area (TPSA) is 50.4 Å². The molecule has 182 valence electrons. The van der Waals surface area contributed by atoms with Gasteiger partial charge in [-0.3, -0.25) is 0 Å². The summed E-state index contributed by atoms with van der Waals surface area (Å²) in [4.78, 5) is 13.4. The van der Waals surface area contributed by atoms with Gasteiger partial charge in [0.15, 0.2) is 0 Å². The Bertz CT molecular complexity index is 1030. The van der Waals surface area contributed by atoms with Crippen LogP contribution in [0.15, 0.2) is 58.3 Å². The number of hydrogen-bond donors (Lipinski definition) is 1. The number of hydrogen-bond acceptors (Lipinski definition) is 5. The fourth-order valence-corrected chi connectivity index (χ4v) is 5.79. The smallest absolute Gasteiger partial charge is 0.138 e. The zero-order valence-electron chi connectivity index (χ0n) is 21.1. The Hall–Kier alpha value is -1.90. The van der Waals surface area contributed by atoms with Crippen molar-refractivity contribution in [2.75, 3.05) is 40.5 Å². The normalized spacial score (nSPS) is 13.8. The second kappa shape index (κ2) is 11.2. The maximum Gasteiger partial charge on any atom is 0.138 e. The Kier molecular flexibility index (Phi) is 8.32. The molecule has 3 aromatic rings. The number of H-pyrrole nitrogens is 1. The van der Waals surface area contributed by atoms with Crippen molar-refractivity contribution in [3.63, 3.8) is 0 Å². The standard InChI is InChI=1S/C27H37N3O2SSi/c1-30(2)15-10-16-32-22(19-31-17-18-34(3,4)5)27-28-25-20-11-6-8-13-23(20)33-24-14-9-7-12-21(24)26(25)29-27/h6-9,11-14,22H,10,15-19H2,1-5H3,(H,28,29). The number of nitrogens with one attached hydrogen (secondary N) is 1. The monoisotopic (exact) mass is 495 g/mol. The molecule has 0 spiro atoms. The van der Waals surface area contributed by atoms with E-state index in [1.807, 2.05) is 0 Å². The van der Waals surface area contributed by atoms with Crippen LogP contribution in [0.2, 0.25) is 25.7 Å². The summed E-state index contributed by atoms with van der Waals surface area (Å²) < 4.78 is 12.5. The summed E-state index contributed by atoms with van der Waals surface area (Å²) in [5.41, 5.74) is 4.40. The Morgan fingerprint density at radius 3 is 2.35 bits per heavy atom. The number of nitrogens with zero attached hydrogens (tertiary/aromatic N) is 2. The summed E-state index contributed by atoms with van der Waals surface area (Å²) in [6.45, 7) is 10.1. The third-order valence-corrected chi connectivity index (χ3v) is 8.74. The second-order valence-corrected chi connectivity index (χ2v) is 17.0. The first-order valence-electron chi connectivity index (χ1n) is 12.1. The highest BCUT2D eigenvalue weighted by molar-refractivity contribution is 7.99. The second-order valence-electron chi connectivity index (χ2n) is 10.3. The van der Waals surface area contributed by atoms with Crippen molar-refractivity contribution in [3.8, 4) is 22.5 Å². The molecular weight excluding hydrogens is 458 g/mol. The van der Waals surface area contributed by atoms with Gasteiger partial charge in [0.2, 0.25) is 0 Å². The van der Waals surface area contributed by atoms with Crippen LogP contribution in [0, 0.1) is 0 Å². The van der Waals surface area contributed by atoms with Crippen LogP contribution in [0.5, 0.6) is 0 Å². The van der Waals surface area contributed by atoms with Crippen LogP contribution in [0.1, 0.15) is 18.3 Å². The Morgan fingerprint density at radius 2 is 1.65 bits per heavy atom. The molecule has 7 heteroatoms. The molecule has 5 nitrogen and oxygen atoms in total. The molecule has 1 aromatic heterocycles. The van der Waals surface area contributed by atoms with Gasteiger partial charge in [0, 0.05) is 42.2 Å². The van der Waals surface area contributed by atoms with E-state index < -0.39 is 8.07 Å². The van der Waals surface area contributed by atoms with Crippen molar-refractivity contribution in [1.82, 2.24) is 14.9 Å². The third kappa shape index (κ3) is 6.40. The lowest BCUT2D eigenvalue weighted by molar-refractivity contribution is -0.0212. The summed E-state index contributed by atoms with van der Waals surface area (Å²) in [6.07, 6.45) is 0.754. The van der Waals surface area contributed by atoms with Crippen molar-refractivity contribution < 1.29 is 9.47 Å². The van der Waals surface area contributed by atoms with Crippen LogP contribution in [-0.4, -0.2) is 63.4 Å². The maximum absolute atomic E-state index is 6.36. The molecule has 1 N–H and O–H groups in total. The van der Waals surface area contributed by atoms with E-state index in [0.29, 0.717) is 13.2 Å².